The number of nitrogens with zero attached hydrogens (tertiary/aromatic N) is 3. The minimum atomic E-state index is -0.216. The molecule has 1 fully saturated rings. The lowest BCUT2D eigenvalue weighted by atomic mass is 9.33. The molecule has 3 atom stereocenters. The third kappa shape index (κ3) is 8.78. The van der Waals surface area contributed by atoms with Crippen molar-refractivity contribution < 1.29 is 0 Å². The van der Waals surface area contributed by atoms with Gasteiger partial charge in [0.15, 0.2) is 0 Å². The van der Waals surface area contributed by atoms with Crippen molar-refractivity contribution in [1.82, 2.24) is 0 Å². The van der Waals surface area contributed by atoms with Crippen LogP contribution < -0.4 is 31.1 Å². The molecule has 12 rings (SSSR count). The molecule has 3 unspecified atom stereocenters. The van der Waals surface area contributed by atoms with Crippen molar-refractivity contribution >= 4 is 68.6 Å². The Kier molecular flexibility index (Phi) is 12.6. The Morgan fingerprint density at radius 3 is 1.56 bits per heavy atom. The molecule has 0 spiro atoms. The molecule has 4 heteroatoms. The lowest BCUT2D eigenvalue weighted by molar-refractivity contribution is 0.0786. The van der Waals surface area contributed by atoms with E-state index in [4.69, 9.17) is 0 Å². The van der Waals surface area contributed by atoms with Gasteiger partial charge in [-0.1, -0.05) is 217 Å². The van der Waals surface area contributed by atoms with E-state index in [1.165, 1.54) is 118 Å². The van der Waals surface area contributed by atoms with Crippen molar-refractivity contribution in [2.75, 3.05) is 14.7 Å². The summed E-state index contributed by atoms with van der Waals surface area (Å²) < 4.78 is 0. The average Bonchev–Trinajstić information content (AvgIpc) is 2.71. The van der Waals surface area contributed by atoms with Crippen LogP contribution in [0.15, 0.2) is 133 Å². The molecule has 0 N–H and O–H groups in total. The van der Waals surface area contributed by atoms with Crippen LogP contribution in [0.4, 0.5) is 45.5 Å². The first-order valence-corrected chi connectivity index (χ1v) is 31.4. The maximum absolute atomic E-state index is 2.89. The van der Waals surface area contributed by atoms with Crippen molar-refractivity contribution in [1.29, 1.82) is 0 Å². The highest BCUT2D eigenvalue weighted by Crippen LogP contribution is 2.65. The van der Waals surface area contributed by atoms with Gasteiger partial charge in [-0.05, 0) is 198 Å². The largest absolute Gasteiger partial charge is 0.334 e. The third-order valence-corrected chi connectivity index (χ3v) is 21.5. The lowest BCUT2D eigenvalue weighted by Gasteiger charge is -2.55. The molecule has 7 aromatic carbocycles. The number of benzene rings is 7. The molecule has 0 radical (unpaired) electrons. The Bertz CT molecular complexity index is 3710. The van der Waals surface area contributed by atoms with Gasteiger partial charge in [0, 0.05) is 50.8 Å². The molecule has 0 amide bonds. The van der Waals surface area contributed by atoms with Crippen LogP contribution in [0.5, 0.6) is 0 Å². The van der Waals surface area contributed by atoms with Gasteiger partial charge >= 0.3 is 0 Å². The van der Waals surface area contributed by atoms with Crippen molar-refractivity contribution in [2.24, 2.45) is 11.3 Å². The highest BCUT2D eigenvalue weighted by atomic mass is 15.3. The van der Waals surface area contributed by atoms with E-state index in [1.54, 1.807) is 0 Å². The summed E-state index contributed by atoms with van der Waals surface area (Å²) in [7, 11) is 0. The van der Waals surface area contributed by atoms with Gasteiger partial charge in [0.2, 0.25) is 0 Å². The Balaban J connectivity index is 1.26. The molecule has 7 aromatic rings. The molecule has 5 aliphatic rings. The van der Waals surface area contributed by atoms with E-state index >= 15 is 0 Å². The fourth-order valence-corrected chi connectivity index (χ4v) is 15.7. The van der Waals surface area contributed by atoms with Crippen LogP contribution in [-0.4, -0.2) is 12.3 Å². The average molecular weight is 1090 g/mol. The predicted molar refractivity (Wildman–Crippen MR) is 357 cm³/mol. The molecule has 3 heterocycles. The van der Waals surface area contributed by atoms with Crippen molar-refractivity contribution in [3.8, 4) is 11.1 Å². The summed E-state index contributed by atoms with van der Waals surface area (Å²) in [5, 5.41) is 0. The van der Waals surface area contributed by atoms with Crippen molar-refractivity contribution in [3.05, 3.63) is 172 Å². The Hall–Kier alpha value is -6.00. The van der Waals surface area contributed by atoms with Gasteiger partial charge in [0.05, 0.1) is 11.2 Å². The summed E-state index contributed by atoms with van der Waals surface area (Å²) in [5.74, 6) is 0.598. The first-order valence-electron chi connectivity index (χ1n) is 31.4. The molecule has 0 aromatic heterocycles. The molecule has 0 saturated heterocycles. The smallest absolute Gasteiger partial charge is 0.252 e. The summed E-state index contributed by atoms with van der Waals surface area (Å²) in [5.41, 5.74) is 26.5. The standard InChI is InChI=1S/C78H96BN3/c1-70(2,3)50-28-25-29-55(40-50)80-65-43-53(73(10,11)12)30-33-61(65)79-62-46-58-59(76(18,19)39-38-75(58,16)17)47-66(62)81(63-34-31-51(71(4,5)6)41-57(63)49-26-23-22-24-27-49)68-45-56(44-67(80)69(68)79)82-64-35-32-52(72(7,8)9)42-60(64)77(20)48-54(74(13,14)15)36-37-78(77,82)21/h22-35,40-47,54H,36-39,48H2,1-21H3. The second kappa shape index (κ2) is 18.3. The molecule has 0 bridgehead atoms. The van der Waals surface area contributed by atoms with Crippen LogP contribution in [0.1, 0.15) is 216 Å². The Labute approximate surface area is 496 Å². The van der Waals surface area contributed by atoms with Crippen LogP contribution in [0.3, 0.4) is 0 Å². The maximum atomic E-state index is 2.89. The number of anilines is 8. The monoisotopic (exact) mass is 1090 g/mol. The molecular weight excluding hydrogens is 990 g/mol. The number of rotatable bonds is 4. The first-order chi connectivity index (χ1) is 38.0. The van der Waals surface area contributed by atoms with Crippen LogP contribution in [-0.2, 0) is 37.9 Å². The van der Waals surface area contributed by atoms with E-state index < -0.39 is 0 Å². The molecule has 3 nitrogen and oxygen atoms in total. The summed E-state index contributed by atoms with van der Waals surface area (Å²) in [6.07, 6.45) is 5.75. The fraction of sp³-hybridized carbons (Fsp3) is 0.462. The highest BCUT2D eigenvalue weighted by Gasteiger charge is 2.61. The SMILES string of the molecule is CC(C)(C)c1cccc(N2c3cc(C(C)(C)C)ccc3B3c4cc5c(cc4N(c4ccc(C(C)(C)C)cc4-c4ccccc4)c4cc(N6c7ccc(C(C)(C)C)cc7C7(C)CC(C(C)(C)C)CCC67C)cc2c43)C(C)(C)CCC5(C)C)c1. The second-order valence-electron chi connectivity index (χ2n) is 33.1. The summed E-state index contributed by atoms with van der Waals surface area (Å²) >= 11 is 0. The zero-order valence-corrected chi connectivity index (χ0v) is 54.2. The van der Waals surface area contributed by atoms with E-state index in [-0.39, 0.29) is 55.6 Å². The molecule has 426 valence electrons. The normalized spacial score (nSPS) is 21.8. The van der Waals surface area contributed by atoms with E-state index in [0.717, 1.165) is 25.7 Å². The molecule has 2 aliphatic carbocycles. The van der Waals surface area contributed by atoms with Gasteiger partial charge in [0.25, 0.3) is 6.71 Å². The minimum absolute atomic E-state index is 0.00570. The van der Waals surface area contributed by atoms with Crippen LogP contribution in [0.2, 0.25) is 0 Å². The van der Waals surface area contributed by atoms with Gasteiger partial charge in [-0.2, -0.15) is 0 Å². The van der Waals surface area contributed by atoms with Gasteiger partial charge in [-0.3, -0.25) is 0 Å². The van der Waals surface area contributed by atoms with Crippen LogP contribution >= 0.6 is 0 Å². The Morgan fingerprint density at radius 1 is 0.415 bits per heavy atom. The lowest BCUT2D eigenvalue weighted by Crippen LogP contribution is -2.62. The zero-order chi connectivity index (χ0) is 59.0. The fourth-order valence-electron chi connectivity index (χ4n) is 15.7. The van der Waals surface area contributed by atoms with E-state index in [1.807, 2.05) is 0 Å². The van der Waals surface area contributed by atoms with Crippen LogP contribution in [0.25, 0.3) is 11.1 Å². The summed E-state index contributed by atoms with van der Waals surface area (Å²) in [6.45, 7) is 51.3. The van der Waals surface area contributed by atoms with E-state index in [2.05, 4.69) is 294 Å². The molecular formula is C78H96BN3. The van der Waals surface area contributed by atoms with Crippen LogP contribution in [0, 0.1) is 11.3 Å². The molecule has 82 heavy (non-hydrogen) atoms. The van der Waals surface area contributed by atoms with Gasteiger partial charge < -0.3 is 14.7 Å². The van der Waals surface area contributed by atoms with E-state index in [0.29, 0.717) is 5.92 Å². The van der Waals surface area contributed by atoms with Gasteiger partial charge in [0.1, 0.15) is 0 Å². The van der Waals surface area contributed by atoms with Gasteiger partial charge in [-0.15, -0.1) is 0 Å². The third-order valence-electron chi connectivity index (χ3n) is 21.5. The molecule has 3 aliphatic heterocycles. The van der Waals surface area contributed by atoms with E-state index in [9.17, 15) is 0 Å². The molecule has 1 saturated carbocycles. The minimum Gasteiger partial charge on any atom is -0.334 e. The summed E-state index contributed by atoms with van der Waals surface area (Å²) in [4.78, 5) is 8.37. The zero-order valence-electron chi connectivity index (χ0n) is 54.2. The number of hydrogen-bond donors (Lipinski definition) is 0. The first kappa shape index (κ1) is 56.5. The quantitative estimate of drug-likeness (QED) is 0.163. The van der Waals surface area contributed by atoms with Crippen molar-refractivity contribution in [3.63, 3.8) is 0 Å². The van der Waals surface area contributed by atoms with Crippen molar-refractivity contribution in [2.45, 2.75) is 221 Å². The van der Waals surface area contributed by atoms with Gasteiger partial charge in [-0.25, -0.2) is 0 Å². The maximum Gasteiger partial charge on any atom is 0.252 e. The Morgan fingerprint density at radius 2 is 0.951 bits per heavy atom. The summed E-state index contributed by atoms with van der Waals surface area (Å²) in [6, 6.07) is 54.3. The predicted octanol–water partition coefficient (Wildman–Crippen LogP) is 20.0. The second-order valence-corrected chi connectivity index (χ2v) is 33.1. The topological polar surface area (TPSA) is 9.72 Å². The number of hydrogen-bond acceptors (Lipinski definition) is 3. The highest BCUT2D eigenvalue weighted by molar-refractivity contribution is 7.00. The number of fused-ring (bicyclic) bond motifs is 8.